The number of benzene rings is 1. The summed E-state index contributed by atoms with van der Waals surface area (Å²) in [5.41, 5.74) is 7.30. The number of nitrogens with one attached hydrogen (secondary N) is 1. The van der Waals surface area contributed by atoms with Crippen LogP contribution in [0, 0.1) is 0 Å². The lowest BCUT2D eigenvalue weighted by molar-refractivity contribution is 0.307. The molecule has 0 bridgehead atoms. The van der Waals surface area contributed by atoms with Crippen molar-refractivity contribution in [3.8, 4) is 0 Å². The van der Waals surface area contributed by atoms with E-state index in [-0.39, 0.29) is 5.75 Å². The second-order valence-electron chi connectivity index (χ2n) is 5.13. The molecule has 1 aliphatic heterocycles. The van der Waals surface area contributed by atoms with E-state index >= 15 is 0 Å². The van der Waals surface area contributed by atoms with Gasteiger partial charge in [0.05, 0.1) is 5.75 Å². The van der Waals surface area contributed by atoms with Gasteiger partial charge in [0.1, 0.15) is 0 Å². The van der Waals surface area contributed by atoms with Crippen molar-refractivity contribution in [3.63, 3.8) is 0 Å². The number of rotatable bonds is 7. The van der Waals surface area contributed by atoms with E-state index in [2.05, 4.69) is 9.62 Å². The number of sulfonamides is 1. The van der Waals surface area contributed by atoms with Crippen molar-refractivity contribution in [1.29, 1.82) is 0 Å². The zero-order valence-electron chi connectivity index (χ0n) is 12.1. The van der Waals surface area contributed by atoms with Crippen LogP contribution in [0.25, 0.3) is 0 Å². The molecule has 0 atom stereocenters. The minimum absolute atomic E-state index is 0.0106. The summed E-state index contributed by atoms with van der Waals surface area (Å²) in [6.45, 7) is 3.77. The Morgan fingerprint density at radius 1 is 1.24 bits per heavy atom. The van der Waals surface area contributed by atoms with Gasteiger partial charge in [-0.25, -0.2) is 13.1 Å². The largest absolute Gasteiger partial charge is 0.326 e. The first-order chi connectivity index (χ1) is 10.1. The highest BCUT2D eigenvalue weighted by molar-refractivity contribution is 7.99. The average molecular weight is 329 g/mol. The maximum atomic E-state index is 12.1. The van der Waals surface area contributed by atoms with Gasteiger partial charge in [-0.1, -0.05) is 24.3 Å². The molecule has 7 heteroatoms. The SMILES string of the molecule is NCc1cccc(CS(=O)(=O)NCCN2CCSCC2)c1. The lowest BCUT2D eigenvalue weighted by Gasteiger charge is -2.25. The zero-order valence-corrected chi connectivity index (χ0v) is 13.8. The van der Waals surface area contributed by atoms with Crippen LogP contribution in [0.3, 0.4) is 0 Å². The van der Waals surface area contributed by atoms with Crippen molar-refractivity contribution >= 4 is 21.8 Å². The number of hydrogen-bond donors (Lipinski definition) is 2. The Morgan fingerprint density at radius 2 is 1.95 bits per heavy atom. The predicted octanol–water partition coefficient (Wildman–Crippen LogP) is 0.614. The molecule has 0 unspecified atom stereocenters. The van der Waals surface area contributed by atoms with Crippen LogP contribution in [0.2, 0.25) is 0 Å². The van der Waals surface area contributed by atoms with Gasteiger partial charge in [0, 0.05) is 44.2 Å². The summed E-state index contributed by atoms with van der Waals surface area (Å²) in [7, 11) is -3.28. The Bertz CT molecular complexity index is 543. The van der Waals surface area contributed by atoms with E-state index in [0.29, 0.717) is 13.1 Å². The molecule has 0 saturated carbocycles. The maximum Gasteiger partial charge on any atom is 0.215 e. The van der Waals surface area contributed by atoms with E-state index in [1.807, 2.05) is 36.0 Å². The maximum absolute atomic E-state index is 12.1. The van der Waals surface area contributed by atoms with E-state index in [9.17, 15) is 8.42 Å². The summed E-state index contributed by atoms with van der Waals surface area (Å²) in [6, 6.07) is 7.41. The lowest BCUT2D eigenvalue weighted by atomic mass is 10.1. The Hall–Kier alpha value is -0.600. The topological polar surface area (TPSA) is 75.4 Å². The van der Waals surface area contributed by atoms with Crippen molar-refractivity contribution in [2.75, 3.05) is 37.7 Å². The third-order valence-corrected chi connectivity index (χ3v) is 5.74. The van der Waals surface area contributed by atoms with Crippen molar-refractivity contribution in [2.24, 2.45) is 5.73 Å². The van der Waals surface area contributed by atoms with E-state index in [1.54, 1.807) is 0 Å². The highest BCUT2D eigenvalue weighted by Crippen LogP contribution is 2.09. The number of hydrogen-bond acceptors (Lipinski definition) is 5. The lowest BCUT2D eigenvalue weighted by Crippen LogP contribution is -2.39. The van der Waals surface area contributed by atoms with Gasteiger partial charge in [-0.05, 0) is 11.1 Å². The standard InChI is InChI=1S/C14H23N3O2S2/c15-11-13-2-1-3-14(10-13)12-21(18,19)16-4-5-17-6-8-20-9-7-17/h1-3,10,16H,4-9,11-12,15H2. The third-order valence-electron chi connectivity index (χ3n) is 3.44. The summed E-state index contributed by atoms with van der Waals surface area (Å²) in [5.74, 6) is 2.29. The summed E-state index contributed by atoms with van der Waals surface area (Å²) >= 11 is 1.95. The predicted molar refractivity (Wildman–Crippen MR) is 88.7 cm³/mol. The zero-order chi connectivity index (χ0) is 15.1. The molecule has 1 aromatic rings. The Morgan fingerprint density at radius 3 is 2.67 bits per heavy atom. The van der Waals surface area contributed by atoms with Gasteiger partial charge in [0.2, 0.25) is 10.0 Å². The third kappa shape index (κ3) is 5.96. The van der Waals surface area contributed by atoms with Gasteiger partial charge in [-0.2, -0.15) is 11.8 Å². The Balaban J connectivity index is 1.80. The van der Waals surface area contributed by atoms with Gasteiger partial charge >= 0.3 is 0 Å². The normalized spacial score (nSPS) is 17.0. The van der Waals surface area contributed by atoms with Crippen LogP contribution >= 0.6 is 11.8 Å². The summed E-state index contributed by atoms with van der Waals surface area (Å²) in [4.78, 5) is 2.30. The molecule has 1 aliphatic rings. The minimum Gasteiger partial charge on any atom is -0.326 e. The number of nitrogens with zero attached hydrogens (tertiary/aromatic N) is 1. The van der Waals surface area contributed by atoms with Crippen molar-refractivity contribution in [1.82, 2.24) is 9.62 Å². The number of thioether (sulfide) groups is 1. The fourth-order valence-corrected chi connectivity index (χ4v) is 4.40. The van der Waals surface area contributed by atoms with E-state index in [4.69, 9.17) is 5.73 Å². The molecule has 21 heavy (non-hydrogen) atoms. The van der Waals surface area contributed by atoms with Crippen molar-refractivity contribution < 1.29 is 8.42 Å². The highest BCUT2D eigenvalue weighted by Gasteiger charge is 2.14. The molecule has 0 aliphatic carbocycles. The van der Waals surface area contributed by atoms with Gasteiger partial charge < -0.3 is 10.6 Å². The summed E-state index contributed by atoms with van der Waals surface area (Å²) in [5, 5.41) is 0. The first-order valence-electron chi connectivity index (χ1n) is 7.14. The van der Waals surface area contributed by atoms with Gasteiger partial charge in [-0.15, -0.1) is 0 Å². The first kappa shape index (κ1) is 16.8. The van der Waals surface area contributed by atoms with Crippen molar-refractivity contribution in [2.45, 2.75) is 12.3 Å². The molecular formula is C14H23N3O2S2. The summed E-state index contributed by atoms with van der Waals surface area (Å²) < 4.78 is 26.8. The Kier molecular flexibility index (Phi) is 6.50. The summed E-state index contributed by atoms with van der Waals surface area (Å²) in [6.07, 6.45) is 0. The highest BCUT2D eigenvalue weighted by atomic mass is 32.2. The van der Waals surface area contributed by atoms with Crippen LogP contribution in [-0.4, -0.2) is 51.0 Å². The molecule has 2 rings (SSSR count). The van der Waals surface area contributed by atoms with Crippen molar-refractivity contribution in [3.05, 3.63) is 35.4 Å². The van der Waals surface area contributed by atoms with Gasteiger partial charge in [0.25, 0.3) is 0 Å². The molecule has 118 valence electrons. The van der Waals surface area contributed by atoms with Crippen LogP contribution in [0.4, 0.5) is 0 Å². The van der Waals surface area contributed by atoms with E-state index in [1.165, 1.54) is 0 Å². The molecule has 1 fully saturated rings. The molecular weight excluding hydrogens is 306 g/mol. The molecule has 0 aromatic heterocycles. The molecule has 1 saturated heterocycles. The molecule has 0 spiro atoms. The van der Waals surface area contributed by atoms with Crippen LogP contribution in [0.1, 0.15) is 11.1 Å². The average Bonchev–Trinajstić information content (AvgIpc) is 2.48. The fourth-order valence-electron chi connectivity index (χ4n) is 2.30. The minimum atomic E-state index is -3.28. The quantitative estimate of drug-likeness (QED) is 0.767. The van der Waals surface area contributed by atoms with E-state index in [0.717, 1.165) is 42.3 Å². The molecule has 1 heterocycles. The Labute approximate surface area is 131 Å². The molecule has 3 N–H and O–H groups in total. The van der Waals surface area contributed by atoms with Crippen LogP contribution in [0.15, 0.2) is 24.3 Å². The van der Waals surface area contributed by atoms with Gasteiger partial charge in [-0.3, -0.25) is 0 Å². The van der Waals surface area contributed by atoms with Crippen LogP contribution < -0.4 is 10.5 Å². The fraction of sp³-hybridized carbons (Fsp3) is 0.571. The van der Waals surface area contributed by atoms with Crippen LogP contribution in [0.5, 0.6) is 0 Å². The molecule has 5 nitrogen and oxygen atoms in total. The second-order valence-corrected chi connectivity index (χ2v) is 8.16. The molecule has 1 aromatic carbocycles. The van der Waals surface area contributed by atoms with Crippen LogP contribution in [-0.2, 0) is 22.3 Å². The molecule has 0 amide bonds. The van der Waals surface area contributed by atoms with Gasteiger partial charge in [0.15, 0.2) is 0 Å². The number of nitrogens with two attached hydrogens (primary N) is 1. The monoisotopic (exact) mass is 329 g/mol. The van der Waals surface area contributed by atoms with E-state index < -0.39 is 10.0 Å². The second kappa shape index (κ2) is 8.14. The first-order valence-corrected chi connectivity index (χ1v) is 9.95. The smallest absolute Gasteiger partial charge is 0.215 e. The molecule has 0 radical (unpaired) electrons.